The number of carbonyl (C=O) groups excluding carboxylic acids is 2. The van der Waals surface area contributed by atoms with Crippen LogP contribution in [0.15, 0.2) is 24.3 Å². The molecule has 18 heavy (non-hydrogen) atoms. The second-order valence-corrected chi connectivity index (χ2v) is 4.91. The number of Topliss-reactive ketones (excluding diaryl/α,β-unsaturated/α-hetero) is 1. The maximum absolute atomic E-state index is 12.0. The van der Waals surface area contributed by atoms with Crippen LogP contribution in [0.25, 0.3) is 0 Å². The normalized spacial score (nSPS) is 15.8. The molecule has 0 aliphatic carbocycles. The van der Waals surface area contributed by atoms with E-state index in [1.165, 1.54) is 11.1 Å². The number of aryl methyl sites for hydroxylation is 2. The molecule has 0 spiro atoms. The predicted molar refractivity (Wildman–Crippen MR) is 70.3 cm³/mol. The Morgan fingerprint density at radius 2 is 2.00 bits per heavy atom. The Morgan fingerprint density at radius 1 is 1.28 bits per heavy atom. The number of likely N-dealkylation sites (tertiary alicyclic amines) is 1. The molecule has 3 heteroatoms. The van der Waals surface area contributed by atoms with E-state index in [1.54, 1.807) is 0 Å². The fourth-order valence-electron chi connectivity index (χ4n) is 2.28. The van der Waals surface area contributed by atoms with E-state index in [1.807, 2.05) is 11.0 Å². The van der Waals surface area contributed by atoms with Gasteiger partial charge in [0.15, 0.2) is 0 Å². The summed E-state index contributed by atoms with van der Waals surface area (Å²) in [6.07, 6.45) is 2.37. The summed E-state index contributed by atoms with van der Waals surface area (Å²) in [6.45, 7) is 3.26. The van der Waals surface area contributed by atoms with Crippen LogP contribution in [0.3, 0.4) is 0 Å². The second-order valence-electron chi connectivity index (χ2n) is 4.91. The van der Waals surface area contributed by atoms with Gasteiger partial charge in [-0.05, 0) is 18.9 Å². The number of ketones is 1. The van der Waals surface area contributed by atoms with Crippen molar-refractivity contribution in [2.75, 3.05) is 13.1 Å². The van der Waals surface area contributed by atoms with Crippen molar-refractivity contribution in [2.24, 2.45) is 0 Å². The third-order valence-corrected chi connectivity index (χ3v) is 3.38. The Hall–Kier alpha value is -1.64. The summed E-state index contributed by atoms with van der Waals surface area (Å²) >= 11 is 0. The summed E-state index contributed by atoms with van der Waals surface area (Å²) in [7, 11) is 0. The van der Waals surface area contributed by atoms with Gasteiger partial charge in [-0.25, -0.2) is 0 Å². The highest BCUT2D eigenvalue weighted by atomic mass is 16.2. The highest BCUT2D eigenvalue weighted by Crippen LogP contribution is 2.11. The SMILES string of the molecule is Cc1cccc(CCC(=O)N2CCC(=O)CC2)c1. The molecule has 0 unspecified atom stereocenters. The van der Waals surface area contributed by atoms with Gasteiger partial charge in [-0.3, -0.25) is 9.59 Å². The second kappa shape index (κ2) is 5.80. The summed E-state index contributed by atoms with van der Waals surface area (Å²) in [5.41, 5.74) is 2.43. The minimum Gasteiger partial charge on any atom is -0.342 e. The lowest BCUT2D eigenvalue weighted by molar-refractivity contribution is -0.134. The van der Waals surface area contributed by atoms with Gasteiger partial charge in [0, 0.05) is 32.4 Å². The highest BCUT2D eigenvalue weighted by Gasteiger charge is 2.20. The molecule has 0 radical (unpaired) electrons. The number of hydrogen-bond acceptors (Lipinski definition) is 2. The van der Waals surface area contributed by atoms with Crippen LogP contribution in [0.2, 0.25) is 0 Å². The van der Waals surface area contributed by atoms with Gasteiger partial charge in [0.05, 0.1) is 0 Å². The summed E-state index contributed by atoms with van der Waals surface area (Å²) in [6, 6.07) is 8.25. The van der Waals surface area contributed by atoms with Gasteiger partial charge in [0.25, 0.3) is 0 Å². The van der Waals surface area contributed by atoms with Crippen LogP contribution >= 0.6 is 0 Å². The third-order valence-electron chi connectivity index (χ3n) is 3.38. The number of benzene rings is 1. The average molecular weight is 245 g/mol. The van der Waals surface area contributed by atoms with Crippen molar-refractivity contribution in [3.8, 4) is 0 Å². The van der Waals surface area contributed by atoms with Gasteiger partial charge in [-0.2, -0.15) is 0 Å². The van der Waals surface area contributed by atoms with Crippen LogP contribution in [0, 0.1) is 6.92 Å². The zero-order valence-electron chi connectivity index (χ0n) is 10.8. The van der Waals surface area contributed by atoms with Crippen molar-refractivity contribution in [3.05, 3.63) is 35.4 Å². The van der Waals surface area contributed by atoms with E-state index < -0.39 is 0 Å². The van der Waals surface area contributed by atoms with Crippen LogP contribution in [0.4, 0.5) is 0 Å². The van der Waals surface area contributed by atoms with Crippen LogP contribution in [-0.2, 0) is 16.0 Å². The molecule has 1 amide bonds. The van der Waals surface area contributed by atoms with E-state index >= 15 is 0 Å². The molecule has 96 valence electrons. The van der Waals surface area contributed by atoms with Crippen LogP contribution < -0.4 is 0 Å². The van der Waals surface area contributed by atoms with E-state index in [-0.39, 0.29) is 11.7 Å². The van der Waals surface area contributed by atoms with E-state index in [0.717, 1.165) is 6.42 Å². The minimum absolute atomic E-state index is 0.170. The van der Waals surface area contributed by atoms with E-state index in [2.05, 4.69) is 25.1 Å². The van der Waals surface area contributed by atoms with Crippen molar-refractivity contribution in [1.29, 1.82) is 0 Å². The summed E-state index contributed by atoms with van der Waals surface area (Å²) in [4.78, 5) is 24.9. The molecule has 2 rings (SSSR count). The van der Waals surface area contributed by atoms with Crippen molar-refractivity contribution in [1.82, 2.24) is 4.90 Å². The molecule has 3 nitrogen and oxygen atoms in total. The summed E-state index contributed by atoms with van der Waals surface area (Å²) in [5.74, 6) is 0.446. The highest BCUT2D eigenvalue weighted by molar-refractivity contribution is 5.83. The molecular weight excluding hydrogens is 226 g/mol. The molecular formula is C15H19NO2. The smallest absolute Gasteiger partial charge is 0.222 e. The van der Waals surface area contributed by atoms with Gasteiger partial charge >= 0.3 is 0 Å². The van der Waals surface area contributed by atoms with Crippen molar-refractivity contribution >= 4 is 11.7 Å². The number of hydrogen-bond donors (Lipinski definition) is 0. The predicted octanol–water partition coefficient (Wildman–Crippen LogP) is 2.12. The summed E-state index contributed by atoms with van der Waals surface area (Å²) < 4.78 is 0. The zero-order chi connectivity index (χ0) is 13.0. The van der Waals surface area contributed by atoms with Gasteiger partial charge in [0.2, 0.25) is 5.91 Å². The molecule has 1 aromatic carbocycles. The van der Waals surface area contributed by atoms with E-state index in [4.69, 9.17) is 0 Å². The zero-order valence-corrected chi connectivity index (χ0v) is 10.8. The Balaban J connectivity index is 1.83. The number of rotatable bonds is 3. The summed E-state index contributed by atoms with van der Waals surface area (Å²) in [5, 5.41) is 0. The van der Waals surface area contributed by atoms with Crippen LogP contribution in [0.1, 0.15) is 30.4 Å². The lowest BCUT2D eigenvalue weighted by atomic mass is 10.1. The number of piperidine rings is 1. The first-order chi connectivity index (χ1) is 8.65. The van der Waals surface area contributed by atoms with Gasteiger partial charge in [0.1, 0.15) is 5.78 Å². The number of nitrogens with zero attached hydrogens (tertiary/aromatic N) is 1. The molecule has 1 saturated heterocycles. The van der Waals surface area contributed by atoms with E-state index in [9.17, 15) is 9.59 Å². The van der Waals surface area contributed by atoms with Crippen LogP contribution in [-0.4, -0.2) is 29.7 Å². The maximum Gasteiger partial charge on any atom is 0.222 e. The van der Waals surface area contributed by atoms with Crippen molar-refractivity contribution in [2.45, 2.75) is 32.6 Å². The molecule has 1 fully saturated rings. The Bertz CT molecular complexity index is 444. The molecule has 1 heterocycles. The Kier molecular flexibility index (Phi) is 4.13. The average Bonchev–Trinajstić information content (AvgIpc) is 2.37. The molecule has 1 aliphatic rings. The van der Waals surface area contributed by atoms with Crippen molar-refractivity contribution in [3.63, 3.8) is 0 Å². The third kappa shape index (κ3) is 3.42. The van der Waals surface area contributed by atoms with Gasteiger partial charge < -0.3 is 4.90 Å². The Morgan fingerprint density at radius 3 is 2.67 bits per heavy atom. The minimum atomic E-state index is 0.170. The topological polar surface area (TPSA) is 37.4 Å². The quantitative estimate of drug-likeness (QED) is 0.818. The Labute approximate surface area is 108 Å². The molecule has 0 N–H and O–H groups in total. The lowest BCUT2D eigenvalue weighted by Gasteiger charge is -2.26. The molecule has 1 aliphatic heterocycles. The lowest BCUT2D eigenvalue weighted by Crippen LogP contribution is -2.38. The first-order valence-corrected chi connectivity index (χ1v) is 6.50. The molecule has 1 aromatic rings. The number of carbonyl (C=O) groups is 2. The van der Waals surface area contributed by atoms with Crippen LogP contribution in [0.5, 0.6) is 0 Å². The molecule has 0 saturated carbocycles. The standard InChI is InChI=1S/C15H19NO2/c1-12-3-2-4-13(11-12)5-6-15(18)16-9-7-14(17)8-10-16/h2-4,11H,5-10H2,1H3. The molecule has 0 bridgehead atoms. The fourth-order valence-corrected chi connectivity index (χ4v) is 2.28. The maximum atomic E-state index is 12.0. The molecule has 0 atom stereocenters. The molecule has 0 aromatic heterocycles. The first kappa shape index (κ1) is 12.8. The first-order valence-electron chi connectivity index (χ1n) is 6.50. The van der Waals surface area contributed by atoms with Gasteiger partial charge in [-0.1, -0.05) is 29.8 Å². The monoisotopic (exact) mass is 245 g/mol. The largest absolute Gasteiger partial charge is 0.342 e. The van der Waals surface area contributed by atoms with Gasteiger partial charge in [-0.15, -0.1) is 0 Å². The fraction of sp³-hybridized carbons (Fsp3) is 0.467. The van der Waals surface area contributed by atoms with E-state index in [0.29, 0.717) is 32.4 Å². The number of amides is 1. The van der Waals surface area contributed by atoms with Crippen molar-refractivity contribution < 1.29 is 9.59 Å².